The minimum absolute atomic E-state index is 0.137. The lowest BCUT2D eigenvalue weighted by atomic mass is 9.79. The average Bonchev–Trinajstić information content (AvgIpc) is 3.25. The van der Waals surface area contributed by atoms with Crippen molar-refractivity contribution in [1.29, 1.82) is 5.26 Å². The van der Waals surface area contributed by atoms with Crippen LogP contribution in [0, 0.1) is 11.3 Å². The Balaban J connectivity index is 1.49. The van der Waals surface area contributed by atoms with E-state index in [1.807, 2.05) is 66.7 Å². The van der Waals surface area contributed by atoms with Crippen molar-refractivity contribution in [1.82, 2.24) is 4.67 Å². The quantitative estimate of drug-likeness (QED) is 0.0758. The Morgan fingerprint density at radius 2 is 1.47 bits per heavy atom. The minimum Gasteiger partial charge on any atom is -0.497 e. The first-order valence-electron chi connectivity index (χ1n) is 16.0. The van der Waals surface area contributed by atoms with Gasteiger partial charge in [0.15, 0.2) is 0 Å². The van der Waals surface area contributed by atoms with Gasteiger partial charge >= 0.3 is 0 Å². The Labute approximate surface area is 281 Å². The zero-order valence-electron chi connectivity index (χ0n) is 28.0. The van der Waals surface area contributed by atoms with Crippen molar-refractivity contribution in [2.24, 2.45) is 0 Å². The molecule has 47 heavy (non-hydrogen) atoms. The van der Waals surface area contributed by atoms with Crippen LogP contribution in [-0.4, -0.2) is 82.5 Å². The number of rotatable bonds is 16. The zero-order chi connectivity index (χ0) is 33.6. The largest absolute Gasteiger partial charge is 0.497 e. The fourth-order valence-corrected chi connectivity index (χ4v) is 8.09. The summed E-state index contributed by atoms with van der Waals surface area (Å²) in [4.78, 5) is 0. The monoisotopic (exact) mass is 658 g/mol. The van der Waals surface area contributed by atoms with Crippen LogP contribution >= 0.6 is 8.53 Å². The molecule has 3 aromatic carbocycles. The molecule has 3 aromatic rings. The number of fused-ring (bicyclic) bond motifs is 1. The lowest BCUT2D eigenvalue weighted by Gasteiger charge is -2.47. The lowest BCUT2D eigenvalue weighted by molar-refractivity contribution is -0.254. The Bertz CT molecular complexity index is 1420. The average molecular weight is 659 g/mol. The summed E-state index contributed by atoms with van der Waals surface area (Å²) in [6.45, 7) is 9.10. The van der Waals surface area contributed by atoms with E-state index < -0.39 is 37.9 Å². The van der Waals surface area contributed by atoms with Gasteiger partial charge in [-0.15, -0.1) is 0 Å². The highest BCUT2D eigenvalue weighted by molar-refractivity contribution is 7.44. The maximum absolute atomic E-state index is 9.14. The highest BCUT2D eigenvalue weighted by Gasteiger charge is 2.63. The van der Waals surface area contributed by atoms with E-state index in [0.717, 1.165) is 28.2 Å². The Morgan fingerprint density at radius 3 is 1.94 bits per heavy atom. The molecule has 2 aliphatic heterocycles. The van der Waals surface area contributed by atoms with Crippen LogP contribution in [0.1, 0.15) is 50.8 Å². The van der Waals surface area contributed by atoms with Crippen LogP contribution in [0.4, 0.5) is 0 Å². The molecule has 5 rings (SSSR count). The van der Waals surface area contributed by atoms with Gasteiger partial charge in [-0.3, -0.25) is 0 Å². The SMILES string of the molecule is [B]C1O[C@@]2(COC(c3ccccc3)(c3ccc(OC)cc3)c3ccc(OC)cc3)CO[C@H]2[C@H]1OP(OCCC#N)N(C(C)C)C(C)C. The van der Waals surface area contributed by atoms with Crippen LogP contribution in [0.15, 0.2) is 78.9 Å². The summed E-state index contributed by atoms with van der Waals surface area (Å²) in [6.07, 6.45) is -0.827. The third-order valence-corrected chi connectivity index (χ3v) is 10.7. The molecule has 9 nitrogen and oxygen atoms in total. The number of methoxy groups -OCH3 is 2. The molecule has 0 bridgehead atoms. The molecule has 2 unspecified atom stereocenters. The molecular weight excluding hydrogens is 614 g/mol. The van der Waals surface area contributed by atoms with E-state index in [0.29, 0.717) is 6.61 Å². The van der Waals surface area contributed by atoms with Crippen molar-refractivity contribution in [3.05, 3.63) is 95.6 Å². The molecule has 2 aliphatic rings. The standard InChI is InChI=1S/C36H44BN2O7P/c1-25(2)39(26(3)4)47(44-22-10-21-38)46-32-33-35(23-42-33,45-34(32)37)24-43-36(27-11-8-7-9-12-27,28-13-17-30(40-5)18-14-28)29-15-19-31(41-6)20-16-29/h7-9,11-20,25-26,32-34H,10,22-24H2,1-6H3/t32-,33+,34?,35-,47?/m1/s1. The summed E-state index contributed by atoms with van der Waals surface area (Å²) >= 11 is 0. The van der Waals surface area contributed by atoms with Crippen molar-refractivity contribution >= 4 is 16.4 Å². The first-order chi connectivity index (χ1) is 22.7. The molecule has 2 heterocycles. The molecule has 248 valence electrons. The molecule has 2 fully saturated rings. The van der Waals surface area contributed by atoms with E-state index in [2.05, 4.69) is 50.6 Å². The Kier molecular flexibility index (Phi) is 11.6. The number of nitriles is 1. The van der Waals surface area contributed by atoms with Gasteiger partial charge in [0.25, 0.3) is 8.53 Å². The molecule has 0 aromatic heterocycles. The van der Waals surface area contributed by atoms with Crippen LogP contribution in [0.2, 0.25) is 0 Å². The third kappa shape index (κ3) is 7.23. The molecule has 0 N–H and O–H groups in total. The summed E-state index contributed by atoms with van der Waals surface area (Å²) in [5.41, 5.74) is 0.892. The first-order valence-corrected chi connectivity index (χ1v) is 17.1. The fourth-order valence-electron chi connectivity index (χ4n) is 6.35. The second kappa shape index (κ2) is 15.5. The zero-order valence-corrected chi connectivity index (χ0v) is 28.9. The van der Waals surface area contributed by atoms with Crippen LogP contribution < -0.4 is 9.47 Å². The maximum atomic E-state index is 9.14. The number of ether oxygens (including phenoxy) is 5. The van der Waals surface area contributed by atoms with E-state index >= 15 is 0 Å². The predicted octanol–water partition coefficient (Wildman–Crippen LogP) is 6.34. The molecular formula is C36H44BN2O7P. The summed E-state index contributed by atoms with van der Waals surface area (Å²) in [5, 5.41) is 9.14. The molecule has 5 atom stereocenters. The molecule has 0 saturated carbocycles. The van der Waals surface area contributed by atoms with E-state index in [9.17, 15) is 0 Å². The van der Waals surface area contributed by atoms with Gasteiger partial charge in [-0.25, -0.2) is 4.67 Å². The smallest absolute Gasteiger partial charge is 0.259 e. The van der Waals surface area contributed by atoms with Crippen LogP contribution in [0.3, 0.4) is 0 Å². The molecule has 2 saturated heterocycles. The summed E-state index contributed by atoms with van der Waals surface area (Å²) in [5.74, 6) is 1.49. The first kappa shape index (κ1) is 35.3. The second-order valence-corrected chi connectivity index (χ2v) is 13.7. The number of hydrogen-bond donors (Lipinski definition) is 0. The summed E-state index contributed by atoms with van der Waals surface area (Å²) < 4.78 is 45.8. The lowest BCUT2D eigenvalue weighted by Crippen LogP contribution is -2.62. The van der Waals surface area contributed by atoms with Crippen LogP contribution in [-0.2, 0) is 28.9 Å². The van der Waals surface area contributed by atoms with Gasteiger partial charge in [-0.2, -0.15) is 5.26 Å². The van der Waals surface area contributed by atoms with Gasteiger partial charge in [0.1, 0.15) is 42.8 Å². The Hall–Kier alpha value is -3.00. The van der Waals surface area contributed by atoms with E-state index in [1.54, 1.807) is 14.2 Å². The molecule has 0 amide bonds. The van der Waals surface area contributed by atoms with E-state index in [1.165, 1.54) is 0 Å². The number of hydrogen-bond acceptors (Lipinski definition) is 9. The summed E-state index contributed by atoms with van der Waals surface area (Å²) in [7, 11) is 8.39. The van der Waals surface area contributed by atoms with Crippen molar-refractivity contribution in [2.75, 3.05) is 34.0 Å². The third-order valence-electron chi connectivity index (χ3n) is 8.60. The fraction of sp³-hybridized carbons (Fsp3) is 0.472. The van der Waals surface area contributed by atoms with Gasteiger partial charge < -0.3 is 32.7 Å². The number of nitrogens with zero attached hydrogens (tertiary/aromatic N) is 2. The molecule has 0 spiro atoms. The van der Waals surface area contributed by atoms with Gasteiger partial charge in [0.2, 0.25) is 0 Å². The molecule has 11 heteroatoms. The highest BCUT2D eigenvalue weighted by atomic mass is 31.2. The van der Waals surface area contributed by atoms with Crippen molar-refractivity contribution in [3.63, 3.8) is 0 Å². The van der Waals surface area contributed by atoms with E-state index in [-0.39, 0.29) is 31.7 Å². The van der Waals surface area contributed by atoms with Crippen molar-refractivity contribution < 1.29 is 32.7 Å². The molecule has 0 aliphatic carbocycles. The maximum Gasteiger partial charge on any atom is 0.259 e. The number of benzene rings is 3. The van der Waals surface area contributed by atoms with Crippen molar-refractivity contribution in [2.45, 2.75) is 75.6 Å². The van der Waals surface area contributed by atoms with Gasteiger partial charge in [-0.05, 0) is 68.7 Å². The highest BCUT2D eigenvalue weighted by Crippen LogP contribution is 2.53. The topological polar surface area (TPSA) is 91.6 Å². The van der Waals surface area contributed by atoms with Crippen molar-refractivity contribution in [3.8, 4) is 17.6 Å². The second-order valence-electron chi connectivity index (χ2n) is 12.3. The van der Waals surface area contributed by atoms with Gasteiger partial charge in [0.05, 0.1) is 46.5 Å². The molecule has 2 radical (unpaired) electrons. The van der Waals surface area contributed by atoms with Gasteiger partial charge in [0, 0.05) is 18.1 Å². The van der Waals surface area contributed by atoms with E-state index in [4.69, 9.17) is 45.8 Å². The van der Waals surface area contributed by atoms with Crippen LogP contribution in [0.25, 0.3) is 0 Å². The predicted molar refractivity (Wildman–Crippen MR) is 181 cm³/mol. The Morgan fingerprint density at radius 1 is 0.915 bits per heavy atom. The van der Waals surface area contributed by atoms with Gasteiger partial charge in [-0.1, -0.05) is 54.6 Å². The summed E-state index contributed by atoms with van der Waals surface area (Å²) in [6, 6.07) is 27.6. The normalized spacial score (nSPS) is 22.9. The van der Waals surface area contributed by atoms with Crippen LogP contribution in [0.5, 0.6) is 11.5 Å². The minimum atomic E-state index is -1.56.